The van der Waals surface area contributed by atoms with E-state index in [1.165, 1.54) is 11.1 Å². The Bertz CT molecular complexity index is 1320. The summed E-state index contributed by atoms with van der Waals surface area (Å²) >= 11 is 0. The molecule has 0 spiro atoms. The van der Waals surface area contributed by atoms with Gasteiger partial charge in [-0.25, -0.2) is 9.97 Å². The van der Waals surface area contributed by atoms with Crippen molar-refractivity contribution in [2.24, 2.45) is 11.3 Å². The number of fused-ring (bicyclic) bond motifs is 4. The lowest BCUT2D eigenvalue weighted by Gasteiger charge is -2.46. The number of aliphatic hydroxyl groups is 4. The van der Waals surface area contributed by atoms with Crippen molar-refractivity contribution in [1.29, 1.82) is 0 Å². The van der Waals surface area contributed by atoms with Crippen molar-refractivity contribution in [3.63, 3.8) is 0 Å². The van der Waals surface area contributed by atoms with E-state index < -0.39 is 23.9 Å². The molecular formula is C29H35N3O4. The molecule has 190 valence electrons. The third-order valence-electron chi connectivity index (χ3n) is 9.43. The number of hydrogen-bond donors (Lipinski definition) is 4. The average molecular weight is 490 g/mol. The number of benzene rings is 1. The first-order valence-electron chi connectivity index (χ1n) is 12.9. The first-order chi connectivity index (χ1) is 17.1. The molecule has 0 radical (unpaired) electrons. The molecule has 6 rings (SSSR count). The van der Waals surface area contributed by atoms with Crippen molar-refractivity contribution in [2.75, 3.05) is 14.1 Å². The van der Waals surface area contributed by atoms with Crippen LogP contribution in [0.1, 0.15) is 44.6 Å². The minimum Gasteiger partial charge on any atom is -0.388 e. The van der Waals surface area contributed by atoms with Gasteiger partial charge in [0.1, 0.15) is 12.4 Å². The molecule has 0 aliphatic heterocycles. The Morgan fingerprint density at radius 1 is 1.11 bits per heavy atom. The Morgan fingerprint density at radius 3 is 2.69 bits per heavy atom. The lowest BCUT2D eigenvalue weighted by molar-refractivity contribution is -0.0922. The predicted molar refractivity (Wildman–Crippen MR) is 138 cm³/mol. The molecule has 7 nitrogen and oxygen atoms in total. The monoisotopic (exact) mass is 489 g/mol. The van der Waals surface area contributed by atoms with Crippen LogP contribution in [0, 0.1) is 11.3 Å². The number of rotatable bonds is 2. The molecule has 7 atom stereocenters. The SMILES string of the molecule is CN(C)[C@H]1C[C@]2(O)CCC3=C(C=C2[C@@H](O)[C@@H]1O)C(O)C[C@]1(C)C(c2ccc4ncncc4c2)=CCC31. The molecule has 1 saturated carbocycles. The molecule has 7 heteroatoms. The zero-order chi connectivity index (χ0) is 25.4. The molecule has 0 amide bonds. The van der Waals surface area contributed by atoms with E-state index in [0.717, 1.165) is 28.5 Å². The lowest BCUT2D eigenvalue weighted by Crippen LogP contribution is -2.58. The highest BCUT2D eigenvalue weighted by atomic mass is 16.3. The van der Waals surface area contributed by atoms with E-state index in [1.807, 2.05) is 37.3 Å². The van der Waals surface area contributed by atoms with Crippen molar-refractivity contribution in [2.45, 2.75) is 69.0 Å². The summed E-state index contributed by atoms with van der Waals surface area (Å²) in [6.07, 6.45) is 7.55. The van der Waals surface area contributed by atoms with Crippen LogP contribution in [0.3, 0.4) is 0 Å². The smallest absolute Gasteiger partial charge is 0.116 e. The summed E-state index contributed by atoms with van der Waals surface area (Å²) in [4.78, 5) is 10.4. The van der Waals surface area contributed by atoms with E-state index in [0.29, 0.717) is 31.3 Å². The molecular weight excluding hydrogens is 454 g/mol. The van der Waals surface area contributed by atoms with Gasteiger partial charge in [0.15, 0.2) is 0 Å². The van der Waals surface area contributed by atoms with Gasteiger partial charge >= 0.3 is 0 Å². The lowest BCUT2D eigenvalue weighted by atomic mass is 9.61. The average Bonchev–Trinajstić information content (AvgIpc) is 3.10. The fourth-order valence-electron chi connectivity index (χ4n) is 7.45. The van der Waals surface area contributed by atoms with Crippen LogP contribution in [0.15, 0.2) is 59.6 Å². The molecule has 4 aliphatic rings. The summed E-state index contributed by atoms with van der Waals surface area (Å²) in [6, 6.07) is 5.93. The number of hydrogen-bond acceptors (Lipinski definition) is 7. The normalized spacial score (nSPS) is 38.3. The summed E-state index contributed by atoms with van der Waals surface area (Å²) in [7, 11) is 3.72. The molecule has 0 saturated heterocycles. The second-order valence-electron chi connectivity index (χ2n) is 11.6. The largest absolute Gasteiger partial charge is 0.388 e. The Hall–Kier alpha value is -2.42. The van der Waals surface area contributed by atoms with Gasteiger partial charge < -0.3 is 25.3 Å². The van der Waals surface area contributed by atoms with Crippen molar-refractivity contribution in [3.8, 4) is 0 Å². The number of likely N-dealkylation sites (N-methyl/N-ethyl adjacent to an activating group) is 1. The molecule has 1 aromatic carbocycles. The van der Waals surface area contributed by atoms with Gasteiger partial charge in [0.2, 0.25) is 0 Å². The minimum absolute atomic E-state index is 0.209. The van der Waals surface area contributed by atoms with Gasteiger partial charge in [-0.3, -0.25) is 0 Å². The van der Waals surface area contributed by atoms with Crippen molar-refractivity contribution >= 4 is 16.5 Å². The Labute approximate surface area is 211 Å². The molecule has 0 bridgehead atoms. The van der Waals surface area contributed by atoms with Gasteiger partial charge in [-0.05, 0) is 86.5 Å². The molecule has 1 fully saturated rings. The molecule has 2 aromatic rings. The molecule has 1 aromatic heterocycles. The van der Waals surface area contributed by atoms with Gasteiger partial charge in [0, 0.05) is 23.0 Å². The first kappa shape index (κ1) is 23.9. The van der Waals surface area contributed by atoms with Crippen LogP contribution >= 0.6 is 0 Å². The van der Waals surface area contributed by atoms with E-state index in [1.54, 1.807) is 6.33 Å². The fourth-order valence-corrected chi connectivity index (χ4v) is 7.45. The maximum Gasteiger partial charge on any atom is 0.116 e. The van der Waals surface area contributed by atoms with Gasteiger partial charge in [-0.2, -0.15) is 0 Å². The minimum atomic E-state index is -1.21. The topological polar surface area (TPSA) is 110 Å². The van der Waals surface area contributed by atoms with Crippen LogP contribution in [0.4, 0.5) is 0 Å². The number of aliphatic hydroxyl groups excluding tert-OH is 3. The third kappa shape index (κ3) is 3.45. The highest BCUT2D eigenvalue weighted by molar-refractivity contribution is 5.84. The summed E-state index contributed by atoms with van der Waals surface area (Å²) in [5, 5.41) is 46.0. The van der Waals surface area contributed by atoms with Gasteiger partial charge in [-0.15, -0.1) is 0 Å². The maximum atomic E-state index is 11.7. The van der Waals surface area contributed by atoms with Gasteiger partial charge in [0.25, 0.3) is 0 Å². The number of allylic oxidation sites excluding steroid dienone is 3. The maximum absolute atomic E-state index is 11.7. The zero-order valence-electron chi connectivity index (χ0n) is 21.1. The standard InChI is InChI=1S/C29H35N3O4/c1-28-13-25(33)19-11-22-26(34)27(35)24(32(2)3)12-29(22,36)9-8-18(19)21(28)6-5-20(28)16-4-7-23-17(10-16)14-30-15-31-23/h4-5,7,10-11,14-15,21,24-27,33-36H,6,8-9,12-13H2,1-3H3/t21?,24-,25?,26+,27+,28+,29+/m0/s1. The van der Waals surface area contributed by atoms with Crippen LogP contribution in [0.2, 0.25) is 0 Å². The van der Waals surface area contributed by atoms with Gasteiger partial charge in [0.05, 0.1) is 23.3 Å². The number of aromatic nitrogens is 2. The fraction of sp³-hybridized carbons (Fsp3) is 0.517. The summed E-state index contributed by atoms with van der Waals surface area (Å²) in [5.41, 5.74) is 4.25. The second kappa shape index (κ2) is 8.30. The van der Waals surface area contributed by atoms with E-state index >= 15 is 0 Å². The third-order valence-corrected chi connectivity index (χ3v) is 9.43. The molecule has 1 heterocycles. The highest BCUT2D eigenvalue weighted by Gasteiger charge is 2.53. The highest BCUT2D eigenvalue weighted by Crippen LogP contribution is 2.60. The Kier molecular flexibility index (Phi) is 5.52. The summed E-state index contributed by atoms with van der Waals surface area (Å²) in [5.74, 6) is 0.209. The van der Waals surface area contributed by atoms with E-state index in [-0.39, 0.29) is 17.4 Å². The first-order valence-corrected chi connectivity index (χ1v) is 12.9. The van der Waals surface area contributed by atoms with Crippen molar-refractivity contribution in [3.05, 3.63) is 65.2 Å². The van der Waals surface area contributed by atoms with Crippen molar-refractivity contribution < 1.29 is 20.4 Å². The Morgan fingerprint density at radius 2 is 1.92 bits per heavy atom. The Balaban J connectivity index is 1.38. The number of nitrogens with zero attached hydrogens (tertiary/aromatic N) is 3. The van der Waals surface area contributed by atoms with Crippen LogP contribution < -0.4 is 0 Å². The van der Waals surface area contributed by atoms with Crippen LogP contribution in [0.5, 0.6) is 0 Å². The molecule has 4 N–H and O–H groups in total. The summed E-state index contributed by atoms with van der Waals surface area (Å²) in [6.45, 7) is 2.25. The second-order valence-corrected chi connectivity index (χ2v) is 11.6. The van der Waals surface area contributed by atoms with Crippen LogP contribution in [0.25, 0.3) is 16.5 Å². The summed E-state index contributed by atoms with van der Waals surface area (Å²) < 4.78 is 0. The zero-order valence-corrected chi connectivity index (χ0v) is 21.1. The van der Waals surface area contributed by atoms with E-state index in [2.05, 4.69) is 35.1 Å². The van der Waals surface area contributed by atoms with Crippen LogP contribution in [-0.4, -0.2) is 79.3 Å². The molecule has 2 unspecified atom stereocenters. The van der Waals surface area contributed by atoms with E-state index in [9.17, 15) is 20.4 Å². The van der Waals surface area contributed by atoms with E-state index in [4.69, 9.17) is 0 Å². The quantitative estimate of drug-likeness (QED) is 0.513. The molecule has 36 heavy (non-hydrogen) atoms. The predicted octanol–water partition coefficient (Wildman–Crippen LogP) is 2.61. The van der Waals surface area contributed by atoms with Gasteiger partial charge in [-0.1, -0.05) is 30.7 Å². The van der Waals surface area contributed by atoms with Crippen LogP contribution in [-0.2, 0) is 0 Å². The van der Waals surface area contributed by atoms with Crippen molar-refractivity contribution in [1.82, 2.24) is 14.9 Å². The molecule has 4 aliphatic carbocycles.